The van der Waals surface area contributed by atoms with E-state index in [9.17, 15) is 10.5 Å². The summed E-state index contributed by atoms with van der Waals surface area (Å²) in [6, 6.07) is 69.3. The zero-order valence-corrected chi connectivity index (χ0v) is 34.8. The lowest BCUT2D eigenvalue weighted by atomic mass is 9.91. The normalized spacial score (nSPS) is 11.9. The summed E-state index contributed by atoms with van der Waals surface area (Å²) in [4.78, 5) is 0. The van der Waals surface area contributed by atoms with Crippen LogP contribution in [0.5, 0.6) is 0 Å². The molecule has 4 aromatic heterocycles. The Morgan fingerprint density at radius 3 is 1.29 bits per heavy atom. The Labute approximate surface area is 365 Å². The molecular formula is C57H33N5S. The van der Waals surface area contributed by atoms with Gasteiger partial charge in [0.1, 0.15) is 23.3 Å². The number of fused-ring (bicyclic) bond motifs is 13. The van der Waals surface area contributed by atoms with Gasteiger partial charge in [0.25, 0.3) is 0 Å². The Morgan fingerprint density at radius 1 is 0.381 bits per heavy atom. The molecule has 4 heterocycles. The molecule has 0 aliphatic rings. The van der Waals surface area contributed by atoms with Crippen molar-refractivity contribution in [2.24, 2.45) is 0 Å². The molecular weight excluding hydrogens is 787 g/mol. The Bertz CT molecular complexity index is 3920. The number of benzene rings is 9. The van der Waals surface area contributed by atoms with Gasteiger partial charge in [0.15, 0.2) is 0 Å². The van der Waals surface area contributed by atoms with Crippen LogP contribution in [0.25, 0.3) is 114 Å². The largest absolute Gasteiger partial charge is 0.307 e. The SMILES string of the molecule is Cc1ccc(-c2c(-n3c4ccccc4c4ccccc43)c(C#N)c(-n3c4ccccc4c4c5sc6ccccc6c5ccc43)c(C#N)c2-n2c3ccccc3c3ccccc32)cc1. The van der Waals surface area contributed by atoms with Crippen LogP contribution in [0.2, 0.25) is 0 Å². The molecule has 6 heteroatoms. The molecule has 0 atom stereocenters. The average Bonchev–Trinajstić information content (AvgIpc) is 4.07. The van der Waals surface area contributed by atoms with E-state index in [4.69, 9.17) is 0 Å². The van der Waals surface area contributed by atoms with Gasteiger partial charge in [-0.05, 0) is 55.0 Å². The van der Waals surface area contributed by atoms with E-state index in [1.807, 2.05) is 0 Å². The lowest BCUT2D eigenvalue weighted by molar-refractivity contribution is 1.08. The van der Waals surface area contributed by atoms with E-state index >= 15 is 0 Å². The van der Waals surface area contributed by atoms with Crippen LogP contribution in [-0.2, 0) is 0 Å². The van der Waals surface area contributed by atoms with Crippen LogP contribution in [0.15, 0.2) is 182 Å². The van der Waals surface area contributed by atoms with Crippen molar-refractivity contribution in [1.82, 2.24) is 13.7 Å². The van der Waals surface area contributed by atoms with E-state index in [1.54, 1.807) is 11.3 Å². The number of nitrogens with zero attached hydrogens (tertiary/aromatic N) is 5. The smallest absolute Gasteiger partial charge is 0.104 e. The molecule has 0 unspecified atom stereocenters. The molecule has 0 saturated heterocycles. The second-order valence-electron chi connectivity index (χ2n) is 16.3. The molecule has 0 aliphatic heterocycles. The molecule has 0 aliphatic carbocycles. The lowest BCUT2D eigenvalue weighted by Crippen LogP contribution is -2.14. The highest BCUT2D eigenvalue weighted by Gasteiger charge is 2.33. The van der Waals surface area contributed by atoms with Crippen LogP contribution in [0.4, 0.5) is 0 Å². The number of rotatable bonds is 4. The van der Waals surface area contributed by atoms with E-state index in [1.165, 1.54) is 20.2 Å². The summed E-state index contributed by atoms with van der Waals surface area (Å²) in [5.74, 6) is 0. The van der Waals surface area contributed by atoms with Gasteiger partial charge < -0.3 is 13.7 Å². The summed E-state index contributed by atoms with van der Waals surface area (Å²) >= 11 is 1.79. The van der Waals surface area contributed by atoms with Crippen LogP contribution < -0.4 is 0 Å². The highest BCUT2D eigenvalue weighted by Crippen LogP contribution is 2.50. The lowest BCUT2D eigenvalue weighted by Gasteiger charge is -2.26. The fraction of sp³-hybridized carbons (Fsp3) is 0.0175. The number of hydrogen-bond donors (Lipinski definition) is 0. The number of para-hydroxylation sites is 5. The first-order valence-corrected chi connectivity index (χ1v) is 21.9. The minimum atomic E-state index is 0.414. The minimum Gasteiger partial charge on any atom is -0.307 e. The summed E-state index contributed by atoms with van der Waals surface area (Å²) in [6.45, 7) is 2.09. The second-order valence-corrected chi connectivity index (χ2v) is 17.3. The Kier molecular flexibility index (Phi) is 7.46. The zero-order valence-electron chi connectivity index (χ0n) is 34.0. The number of thiophene rings is 1. The number of nitriles is 2. The summed E-state index contributed by atoms with van der Waals surface area (Å²) in [5.41, 5.74) is 11.4. The fourth-order valence-corrected chi connectivity index (χ4v) is 11.6. The number of aromatic nitrogens is 3. The van der Waals surface area contributed by atoms with Crippen LogP contribution in [0, 0.1) is 29.6 Å². The predicted octanol–water partition coefficient (Wildman–Crippen LogP) is 15.1. The van der Waals surface area contributed by atoms with Gasteiger partial charge in [0.05, 0.1) is 50.2 Å². The van der Waals surface area contributed by atoms with Gasteiger partial charge >= 0.3 is 0 Å². The van der Waals surface area contributed by atoms with E-state index in [-0.39, 0.29) is 0 Å². The molecule has 0 radical (unpaired) electrons. The summed E-state index contributed by atoms with van der Waals surface area (Å²) < 4.78 is 9.16. The van der Waals surface area contributed by atoms with Gasteiger partial charge in [0.2, 0.25) is 0 Å². The first-order valence-electron chi connectivity index (χ1n) is 21.1. The van der Waals surface area contributed by atoms with Crippen molar-refractivity contribution >= 4 is 96.9 Å². The Hall–Kier alpha value is -8.42. The first kappa shape index (κ1) is 35.3. The number of hydrogen-bond acceptors (Lipinski definition) is 3. The summed E-state index contributed by atoms with van der Waals surface area (Å²) in [7, 11) is 0. The summed E-state index contributed by atoms with van der Waals surface area (Å²) in [6.07, 6.45) is 0. The van der Waals surface area contributed by atoms with Gasteiger partial charge in [-0.25, -0.2) is 0 Å². The molecule has 0 saturated carbocycles. The van der Waals surface area contributed by atoms with E-state index in [0.29, 0.717) is 16.8 Å². The molecule has 5 nitrogen and oxygen atoms in total. The molecule has 292 valence electrons. The third-order valence-electron chi connectivity index (χ3n) is 13.0. The number of aryl methyl sites for hydroxylation is 1. The van der Waals surface area contributed by atoms with Crippen LogP contribution >= 0.6 is 11.3 Å². The van der Waals surface area contributed by atoms with Crippen molar-refractivity contribution < 1.29 is 0 Å². The molecule has 13 rings (SSSR count). The van der Waals surface area contributed by atoms with Gasteiger partial charge in [0, 0.05) is 58.1 Å². The van der Waals surface area contributed by atoms with E-state index in [0.717, 1.165) is 93.5 Å². The van der Waals surface area contributed by atoms with Crippen LogP contribution in [0.1, 0.15) is 16.7 Å². The van der Waals surface area contributed by atoms with E-state index < -0.39 is 0 Å². The van der Waals surface area contributed by atoms with Crippen LogP contribution in [-0.4, -0.2) is 13.7 Å². The van der Waals surface area contributed by atoms with Crippen molar-refractivity contribution in [3.63, 3.8) is 0 Å². The standard InChI is InChI=1S/C57H33N5S/c1-34-26-28-35(29-27-34)52-55(60-45-20-8-2-14-36(45)37-15-3-9-21-46(37)60)43(32-58)54(44(33-59)56(52)61-47-22-10-4-16-38(47)39-17-5-11-23-48(39)61)62-49-24-12-6-19-42(49)53-50(62)31-30-41-40-18-7-13-25-51(40)63-57(41)53/h2-31H,1H3. The van der Waals surface area contributed by atoms with Gasteiger partial charge in [-0.1, -0.05) is 145 Å². The molecule has 0 N–H and O–H groups in total. The highest BCUT2D eigenvalue weighted by molar-refractivity contribution is 7.26. The molecule has 9 aromatic carbocycles. The van der Waals surface area contributed by atoms with Crippen molar-refractivity contribution in [3.8, 4) is 40.3 Å². The quantitative estimate of drug-likeness (QED) is 0.178. The predicted molar refractivity (Wildman–Crippen MR) is 262 cm³/mol. The molecule has 0 amide bonds. The minimum absolute atomic E-state index is 0.414. The van der Waals surface area contributed by atoms with Gasteiger partial charge in [-0.15, -0.1) is 11.3 Å². The first-order chi connectivity index (χ1) is 31.1. The zero-order chi connectivity index (χ0) is 41.9. The fourth-order valence-electron chi connectivity index (χ4n) is 10.4. The maximum absolute atomic E-state index is 12.1. The molecule has 13 aromatic rings. The molecule has 0 spiro atoms. The van der Waals surface area contributed by atoms with Crippen molar-refractivity contribution in [2.45, 2.75) is 6.92 Å². The van der Waals surface area contributed by atoms with Crippen LogP contribution in [0.3, 0.4) is 0 Å². The Morgan fingerprint density at radius 2 is 0.794 bits per heavy atom. The second kappa shape index (κ2) is 13.3. The Balaban J connectivity index is 1.34. The third-order valence-corrected chi connectivity index (χ3v) is 14.2. The van der Waals surface area contributed by atoms with Gasteiger partial charge in [-0.2, -0.15) is 10.5 Å². The van der Waals surface area contributed by atoms with E-state index in [2.05, 4.69) is 215 Å². The van der Waals surface area contributed by atoms with Crippen molar-refractivity contribution in [1.29, 1.82) is 10.5 Å². The van der Waals surface area contributed by atoms with Crippen molar-refractivity contribution in [3.05, 3.63) is 199 Å². The monoisotopic (exact) mass is 819 g/mol. The molecule has 63 heavy (non-hydrogen) atoms. The average molecular weight is 820 g/mol. The third kappa shape index (κ3) is 4.79. The molecule has 0 bridgehead atoms. The maximum atomic E-state index is 12.1. The van der Waals surface area contributed by atoms with Gasteiger partial charge in [-0.3, -0.25) is 0 Å². The highest BCUT2D eigenvalue weighted by atomic mass is 32.1. The molecule has 0 fully saturated rings. The van der Waals surface area contributed by atoms with Crippen molar-refractivity contribution in [2.75, 3.05) is 0 Å². The topological polar surface area (TPSA) is 62.4 Å². The summed E-state index contributed by atoms with van der Waals surface area (Å²) in [5, 5.41) is 33.0. The maximum Gasteiger partial charge on any atom is 0.104 e.